The highest BCUT2D eigenvalue weighted by Crippen LogP contribution is 2.23. The summed E-state index contributed by atoms with van der Waals surface area (Å²) in [7, 11) is 1.53. The molecule has 0 radical (unpaired) electrons. The van der Waals surface area contributed by atoms with Crippen molar-refractivity contribution >= 4 is 17.7 Å². The van der Waals surface area contributed by atoms with Crippen molar-refractivity contribution < 1.29 is 13.9 Å². The molecule has 1 amide bonds. The summed E-state index contributed by atoms with van der Waals surface area (Å²) in [5, 5.41) is 2.56. The SMILES string of the molecule is C#CCNC(=O)CSCc1cc(F)ccc1OC. The molecule has 0 saturated heterocycles. The number of hydrogen-bond donors (Lipinski definition) is 1. The predicted molar refractivity (Wildman–Crippen MR) is 71.0 cm³/mol. The van der Waals surface area contributed by atoms with Crippen LogP contribution >= 0.6 is 11.8 Å². The number of rotatable bonds is 6. The number of hydrogen-bond acceptors (Lipinski definition) is 3. The first-order chi connectivity index (χ1) is 8.67. The van der Waals surface area contributed by atoms with E-state index in [1.165, 1.54) is 31.0 Å². The van der Waals surface area contributed by atoms with E-state index in [9.17, 15) is 9.18 Å². The average Bonchev–Trinajstić information content (AvgIpc) is 2.36. The van der Waals surface area contributed by atoms with Gasteiger partial charge in [0.2, 0.25) is 5.91 Å². The first-order valence-corrected chi connectivity index (χ1v) is 6.43. The fraction of sp³-hybridized carbons (Fsp3) is 0.308. The van der Waals surface area contributed by atoms with E-state index in [1.54, 1.807) is 6.07 Å². The molecule has 0 bridgehead atoms. The lowest BCUT2D eigenvalue weighted by atomic mass is 10.2. The van der Waals surface area contributed by atoms with Crippen LogP contribution in [0.1, 0.15) is 5.56 Å². The fourth-order valence-corrected chi connectivity index (χ4v) is 2.15. The van der Waals surface area contributed by atoms with E-state index in [0.29, 0.717) is 11.5 Å². The number of benzene rings is 1. The molecule has 1 aromatic rings. The largest absolute Gasteiger partial charge is 0.496 e. The Bertz CT molecular complexity index is 457. The molecular formula is C13H14FNO2S. The van der Waals surface area contributed by atoms with Gasteiger partial charge < -0.3 is 10.1 Å². The molecule has 0 aromatic heterocycles. The Balaban J connectivity index is 2.46. The minimum absolute atomic E-state index is 0.131. The monoisotopic (exact) mass is 267 g/mol. The zero-order valence-electron chi connectivity index (χ0n) is 10.0. The van der Waals surface area contributed by atoms with Gasteiger partial charge in [0.1, 0.15) is 11.6 Å². The lowest BCUT2D eigenvalue weighted by Crippen LogP contribution is -2.25. The third kappa shape index (κ3) is 4.68. The molecule has 1 N–H and O–H groups in total. The van der Waals surface area contributed by atoms with E-state index in [1.807, 2.05) is 0 Å². The molecule has 1 aromatic carbocycles. The Kier molecular flexibility index (Phi) is 6.09. The van der Waals surface area contributed by atoms with Crippen LogP contribution < -0.4 is 10.1 Å². The number of methoxy groups -OCH3 is 1. The highest BCUT2D eigenvalue weighted by Gasteiger charge is 2.06. The van der Waals surface area contributed by atoms with Crippen LogP contribution in [0.4, 0.5) is 4.39 Å². The van der Waals surface area contributed by atoms with Gasteiger partial charge in [0.25, 0.3) is 0 Å². The van der Waals surface area contributed by atoms with Crippen LogP contribution in [-0.4, -0.2) is 25.3 Å². The highest BCUT2D eigenvalue weighted by molar-refractivity contribution is 7.99. The molecule has 0 aliphatic carbocycles. The second-order valence-electron chi connectivity index (χ2n) is 3.43. The van der Waals surface area contributed by atoms with Gasteiger partial charge in [-0.05, 0) is 18.2 Å². The van der Waals surface area contributed by atoms with E-state index in [0.717, 1.165) is 5.56 Å². The second kappa shape index (κ2) is 7.62. The molecule has 0 spiro atoms. The summed E-state index contributed by atoms with van der Waals surface area (Å²) in [6.45, 7) is 0.225. The minimum Gasteiger partial charge on any atom is -0.496 e. The van der Waals surface area contributed by atoms with Crippen molar-refractivity contribution in [1.29, 1.82) is 0 Å². The summed E-state index contributed by atoms with van der Waals surface area (Å²) in [5.41, 5.74) is 0.729. The van der Waals surface area contributed by atoms with Crippen LogP contribution in [0.25, 0.3) is 0 Å². The number of terminal acetylenes is 1. The molecule has 0 unspecified atom stereocenters. The van der Waals surface area contributed by atoms with Crippen molar-refractivity contribution in [1.82, 2.24) is 5.32 Å². The Morgan fingerprint density at radius 3 is 3.06 bits per heavy atom. The summed E-state index contributed by atoms with van der Waals surface area (Å²) in [6, 6.07) is 4.32. The summed E-state index contributed by atoms with van der Waals surface area (Å²) >= 11 is 1.38. The lowest BCUT2D eigenvalue weighted by molar-refractivity contribution is -0.118. The minimum atomic E-state index is -0.316. The van der Waals surface area contributed by atoms with Gasteiger partial charge in [0.15, 0.2) is 0 Å². The van der Waals surface area contributed by atoms with Crippen LogP contribution in [0.3, 0.4) is 0 Å². The Hall–Kier alpha value is -1.67. The summed E-state index contributed by atoms with van der Waals surface area (Å²) in [6.07, 6.45) is 5.02. The van der Waals surface area contributed by atoms with Gasteiger partial charge in [-0.3, -0.25) is 4.79 Å². The first kappa shape index (κ1) is 14.4. The molecule has 0 saturated carbocycles. The zero-order chi connectivity index (χ0) is 13.4. The molecule has 0 aliphatic heterocycles. The van der Waals surface area contributed by atoms with Crippen LogP contribution in [0.15, 0.2) is 18.2 Å². The molecule has 0 fully saturated rings. The Labute approximate surface area is 110 Å². The number of amides is 1. The number of carbonyl (C=O) groups excluding carboxylic acids is 1. The Morgan fingerprint density at radius 2 is 2.39 bits per heavy atom. The molecule has 1 rings (SSSR count). The van der Waals surface area contributed by atoms with Gasteiger partial charge in [-0.15, -0.1) is 18.2 Å². The summed E-state index contributed by atoms with van der Waals surface area (Å²) < 4.78 is 18.2. The van der Waals surface area contributed by atoms with Crippen LogP contribution in [0.2, 0.25) is 0 Å². The molecule has 18 heavy (non-hydrogen) atoms. The van der Waals surface area contributed by atoms with Crippen molar-refractivity contribution in [2.24, 2.45) is 0 Å². The normalized spacial score (nSPS) is 9.61. The maximum atomic E-state index is 13.1. The molecule has 0 heterocycles. The molecule has 0 aliphatic rings. The maximum absolute atomic E-state index is 13.1. The van der Waals surface area contributed by atoms with Crippen molar-refractivity contribution in [3.63, 3.8) is 0 Å². The van der Waals surface area contributed by atoms with Gasteiger partial charge in [-0.2, -0.15) is 0 Å². The van der Waals surface area contributed by atoms with E-state index >= 15 is 0 Å². The van der Waals surface area contributed by atoms with Gasteiger partial charge in [0, 0.05) is 11.3 Å². The quantitative estimate of drug-likeness (QED) is 0.799. The van der Waals surface area contributed by atoms with Gasteiger partial charge in [-0.1, -0.05) is 5.92 Å². The topological polar surface area (TPSA) is 38.3 Å². The van der Waals surface area contributed by atoms with Crippen molar-refractivity contribution in [2.45, 2.75) is 5.75 Å². The second-order valence-corrected chi connectivity index (χ2v) is 4.42. The predicted octanol–water partition coefficient (Wildman–Crippen LogP) is 1.82. The number of thioether (sulfide) groups is 1. The zero-order valence-corrected chi connectivity index (χ0v) is 10.8. The smallest absolute Gasteiger partial charge is 0.230 e. The summed E-state index contributed by atoms with van der Waals surface area (Å²) in [4.78, 5) is 11.3. The van der Waals surface area contributed by atoms with Crippen molar-refractivity contribution in [3.8, 4) is 18.1 Å². The standard InChI is InChI=1S/C13H14FNO2S/c1-3-6-15-13(16)9-18-8-10-7-11(14)4-5-12(10)17-2/h1,4-5,7H,6,8-9H2,2H3,(H,15,16). The van der Waals surface area contributed by atoms with Gasteiger partial charge >= 0.3 is 0 Å². The molecule has 0 atom stereocenters. The number of ether oxygens (including phenoxy) is 1. The Morgan fingerprint density at radius 1 is 1.61 bits per heavy atom. The van der Waals surface area contributed by atoms with Crippen molar-refractivity contribution in [3.05, 3.63) is 29.6 Å². The van der Waals surface area contributed by atoms with E-state index in [-0.39, 0.29) is 24.0 Å². The number of carbonyl (C=O) groups is 1. The van der Waals surface area contributed by atoms with Gasteiger partial charge in [0.05, 0.1) is 19.4 Å². The third-order valence-electron chi connectivity index (χ3n) is 2.12. The van der Waals surface area contributed by atoms with Crippen LogP contribution in [-0.2, 0) is 10.5 Å². The molecule has 96 valence electrons. The van der Waals surface area contributed by atoms with E-state index < -0.39 is 0 Å². The lowest BCUT2D eigenvalue weighted by Gasteiger charge is -2.08. The number of halogens is 1. The third-order valence-corrected chi connectivity index (χ3v) is 3.10. The fourth-order valence-electron chi connectivity index (χ4n) is 1.31. The van der Waals surface area contributed by atoms with Gasteiger partial charge in [-0.25, -0.2) is 4.39 Å². The molecular weight excluding hydrogens is 253 g/mol. The average molecular weight is 267 g/mol. The highest BCUT2D eigenvalue weighted by atomic mass is 32.2. The van der Waals surface area contributed by atoms with Crippen molar-refractivity contribution in [2.75, 3.05) is 19.4 Å². The van der Waals surface area contributed by atoms with Crippen LogP contribution in [0.5, 0.6) is 5.75 Å². The first-order valence-electron chi connectivity index (χ1n) is 5.27. The van der Waals surface area contributed by atoms with E-state index in [4.69, 9.17) is 11.2 Å². The number of nitrogens with one attached hydrogen (secondary N) is 1. The maximum Gasteiger partial charge on any atom is 0.230 e. The summed E-state index contributed by atoms with van der Waals surface area (Å²) in [5.74, 6) is 3.28. The van der Waals surface area contributed by atoms with Crippen LogP contribution in [0, 0.1) is 18.2 Å². The molecule has 5 heteroatoms. The molecule has 3 nitrogen and oxygen atoms in total. The van der Waals surface area contributed by atoms with E-state index in [2.05, 4.69) is 11.2 Å².